The minimum atomic E-state index is -1.10. The summed E-state index contributed by atoms with van der Waals surface area (Å²) in [5.74, 6) is -1.72. The fourth-order valence-electron chi connectivity index (χ4n) is 1.92. The predicted molar refractivity (Wildman–Crippen MR) is 65.3 cm³/mol. The van der Waals surface area contributed by atoms with Crippen molar-refractivity contribution in [2.24, 2.45) is 5.73 Å². The number of ether oxygens (including phenoxy) is 1. The average molecular weight is 273 g/mol. The Morgan fingerprint density at radius 3 is 2.47 bits per heavy atom. The molecule has 8 heteroatoms. The second-order valence-electron chi connectivity index (χ2n) is 4.36. The zero-order chi connectivity index (χ0) is 14.3. The van der Waals surface area contributed by atoms with Crippen LogP contribution in [0, 0.1) is 0 Å². The number of rotatable bonds is 6. The van der Waals surface area contributed by atoms with Crippen LogP contribution in [0.15, 0.2) is 0 Å². The quantitative estimate of drug-likeness (QED) is 0.585. The number of amides is 2. The molecule has 1 rings (SSSR count). The number of primary amides is 1. The number of carboxylic acids is 1. The second-order valence-corrected chi connectivity index (χ2v) is 4.36. The van der Waals surface area contributed by atoms with Gasteiger partial charge in [-0.2, -0.15) is 0 Å². The van der Waals surface area contributed by atoms with Gasteiger partial charge in [-0.25, -0.2) is 4.79 Å². The van der Waals surface area contributed by atoms with E-state index in [1.54, 1.807) is 4.90 Å². The average Bonchev–Trinajstić information content (AvgIpc) is 2.53. The van der Waals surface area contributed by atoms with Crippen LogP contribution in [-0.4, -0.2) is 78.6 Å². The van der Waals surface area contributed by atoms with E-state index in [-0.39, 0.29) is 25.0 Å². The summed E-state index contributed by atoms with van der Waals surface area (Å²) in [6.07, 6.45) is 0.748. The highest BCUT2D eigenvalue weighted by Gasteiger charge is 2.19. The number of nitrogens with zero attached hydrogens (tertiary/aromatic N) is 2. The molecule has 1 aliphatic rings. The van der Waals surface area contributed by atoms with Gasteiger partial charge in [0, 0.05) is 26.2 Å². The van der Waals surface area contributed by atoms with E-state index in [0.717, 1.165) is 6.42 Å². The van der Waals surface area contributed by atoms with Gasteiger partial charge in [0.05, 0.1) is 6.54 Å². The molecule has 0 aromatic carbocycles. The van der Waals surface area contributed by atoms with Gasteiger partial charge in [0.1, 0.15) is 13.2 Å². The summed E-state index contributed by atoms with van der Waals surface area (Å²) in [4.78, 5) is 36.4. The summed E-state index contributed by atoms with van der Waals surface area (Å²) >= 11 is 0. The van der Waals surface area contributed by atoms with Crippen LogP contribution in [0.25, 0.3) is 0 Å². The molecule has 19 heavy (non-hydrogen) atoms. The zero-order valence-electron chi connectivity index (χ0n) is 10.7. The SMILES string of the molecule is NC(=O)CN1CCCN(C(=O)COCC(=O)O)CC1. The molecule has 2 amide bonds. The van der Waals surface area contributed by atoms with E-state index in [9.17, 15) is 14.4 Å². The van der Waals surface area contributed by atoms with Crippen LogP contribution in [0.1, 0.15) is 6.42 Å². The normalized spacial score (nSPS) is 16.9. The first-order valence-electron chi connectivity index (χ1n) is 6.07. The third-order valence-electron chi connectivity index (χ3n) is 2.77. The first-order valence-corrected chi connectivity index (χ1v) is 6.07. The van der Waals surface area contributed by atoms with E-state index in [4.69, 9.17) is 15.6 Å². The molecular weight excluding hydrogens is 254 g/mol. The largest absolute Gasteiger partial charge is 0.480 e. The Morgan fingerprint density at radius 2 is 1.84 bits per heavy atom. The predicted octanol–water partition coefficient (Wildman–Crippen LogP) is -1.89. The fraction of sp³-hybridized carbons (Fsp3) is 0.727. The standard InChI is InChI=1S/C11H19N3O5/c12-9(15)6-13-2-1-3-14(5-4-13)10(16)7-19-8-11(17)18/h1-8H2,(H2,12,15)(H,17,18). The number of carbonyl (C=O) groups excluding carboxylic acids is 2. The topological polar surface area (TPSA) is 113 Å². The molecule has 0 bridgehead atoms. The monoisotopic (exact) mass is 273 g/mol. The van der Waals surface area contributed by atoms with Crippen molar-refractivity contribution < 1.29 is 24.2 Å². The molecule has 0 aromatic rings. The van der Waals surface area contributed by atoms with E-state index in [0.29, 0.717) is 26.2 Å². The highest BCUT2D eigenvalue weighted by atomic mass is 16.5. The van der Waals surface area contributed by atoms with Crippen LogP contribution in [0.5, 0.6) is 0 Å². The number of carbonyl (C=O) groups is 3. The molecule has 3 N–H and O–H groups in total. The van der Waals surface area contributed by atoms with Crippen LogP contribution in [-0.2, 0) is 19.1 Å². The number of hydrogen-bond acceptors (Lipinski definition) is 5. The third kappa shape index (κ3) is 6.16. The lowest BCUT2D eigenvalue weighted by Gasteiger charge is -2.21. The lowest BCUT2D eigenvalue weighted by Crippen LogP contribution is -2.39. The van der Waals surface area contributed by atoms with Gasteiger partial charge in [-0.3, -0.25) is 14.5 Å². The van der Waals surface area contributed by atoms with E-state index in [1.807, 2.05) is 4.90 Å². The van der Waals surface area contributed by atoms with Crippen molar-refractivity contribution in [3.63, 3.8) is 0 Å². The van der Waals surface area contributed by atoms with E-state index in [2.05, 4.69) is 0 Å². The number of aliphatic carboxylic acids is 1. The van der Waals surface area contributed by atoms with Crippen LogP contribution in [0.4, 0.5) is 0 Å². The van der Waals surface area contributed by atoms with E-state index < -0.39 is 12.6 Å². The van der Waals surface area contributed by atoms with Gasteiger partial charge in [-0.05, 0) is 6.42 Å². The van der Waals surface area contributed by atoms with Crippen LogP contribution in [0.3, 0.4) is 0 Å². The molecule has 0 atom stereocenters. The molecule has 1 saturated heterocycles. The Bertz CT molecular complexity index is 347. The van der Waals surface area contributed by atoms with Crippen molar-refractivity contribution in [1.29, 1.82) is 0 Å². The van der Waals surface area contributed by atoms with Gasteiger partial charge in [0.2, 0.25) is 11.8 Å². The second kappa shape index (κ2) is 7.70. The summed E-state index contributed by atoms with van der Waals surface area (Å²) in [5.41, 5.74) is 5.13. The van der Waals surface area contributed by atoms with Crippen molar-refractivity contribution in [1.82, 2.24) is 9.80 Å². The molecular formula is C11H19N3O5. The van der Waals surface area contributed by atoms with E-state index >= 15 is 0 Å². The third-order valence-corrected chi connectivity index (χ3v) is 2.77. The Labute approximate surface area is 111 Å². The highest BCUT2D eigenvalue weighted by molar-refractivity contribution is 5.78. The van der Waals surface area contributed by atoms with Gasteiger partial charge in [0.15, 0.2) is 0 Å². The first-order chi connectivity index (χ1) is 8.99. The molecule has 8 nitrogen and oxygen atoms in total. The van der Waals surface area contributed by atoms with Crippen molar-refractivity contribution in [3.8, 4) is 0 Å². The van der Waals surface area contributed by atoms with Crippen molar-refractivity contribution >= 4 is 17.8 Å². The smallest absolute Gasteiger partial charge is 0.329 e. The van der Waals surface area contributed by atoms with Crippen LogP contribution in [0.2, 0.25) is 0 Å². The lowest BCUT2D eigenvalue weighted by atomic mass is 10.3. The van der Waals surface area contributed by atoms with Gasteiger partial charge >= 0.3 is 5.97 Å². The van der Waals surface area contributed by atoms with Gasteiger partial charge in [-0.1, -0.05) is 0 Å². The van der Waals surface area contributed by atoms with Gasteiger partial charge in [0.25, 0.3) is 0 Å². The number of carboxylic acid groups (broad SMARTS) is 1. The van der Waals surface area contributed by atoms with Crippen molar-refractivity contribution in [2.75, 3.05) is 45.9 Å². The minimum Gasteiger partial charge on any atom is -0.480 e. The first kappa shape index (κ1) is 15.4. The maximum Gasteiger partial charge on any atom is 0.329 e. The minimum absolute atomic E-state index is 0.192. The molecule has 1 aliphatic heterocycles. The maximum absolute atomic E-state index is 11.8. The molecule has 1 fully saturated rings. The molecule has 108 valence electrons. The summed E-state index contributed by atoms with van der Waals surface area (Å²) in [5, 5.41) is 8.40. The molecule has 0 spiro atoms. The summed E-state index contributed by atoms with van der Waals surface area (Å²) < 4.78 is 4.76. The molecule has 0 aromatic heterocycles. The Morgan fingerprint density at radius 1 is 1.11 bits per heavy atom. The lowest BCUT2D eigenvalue weighted by molar-refractivity contribution is -0.145. The molecule has 0 radical (unpaired) electrons. The van der Waals surface area contributed by atoms with Crippen LogP contribution >= 0.6 is 0 Å². The van der Waals surface area contributed by atoms with Crippen LogP contribution < -0.4 is 5.73 Å². The van der Waals surface area contributed by atoms with Crippen molar-refractivity contribution in [3.05, 3.63) is 0 Å². The number of nitrogens with two attached hydrogens (primary N) is 1. The fourth-order valence-corrected chi connectivity index (χ4v) is 1.92. The Kier molecular flexibility index (Phi) is 6.23. The van der Waals surface area contributed by atoms with Crippen molar-refractivity contribution in [2.45, 2.75) is 6.42 Å². The highest BCUT2D eigenvalue weighted by Crippen LogP contribution is 2.03. The number of hydrogen-bond donors (Lipinski definition) is 2. The molecule has 0 saturated carbocycles. The van der Waals surface area contributed by atoms with Gasteiger partial charge < -0.3 is 20.5 Å². The van der Waals surface area contributed by atoms with E-state index in [1.165, 1.54) is 0 Å². The molecule has 0 aliphatic carbocycles. The molecule has 1 heterocycles. The summed E-state index contributed by atoms with van der Waals surface area (Å²) in [6.45, 7) is 1.83. The van der Waals surface area contributed by atoms with Gasteiger partial charge in [-0.15, -0.1) is 0 Å². The zero-order valence-corrected chi connectivity index (χ0v) is 10.7. The Balaban J connectivity index is 2.33. The Hall–Kier alpha value is -1.67. The summed E-state index contributed by atoms with van der Waals surface area (Å²) in [6, 6.07) is 0. The summed E-state index contributed by atoms with van der Waals surface area (Å²) in [7, 11) is 0. The maximum atomic E-state index is 11.8. The molecule has 0 unspecified atom stereocenters.